The fourth-order valence-corrected chi connectivity index (χ4v) is 5.34. The number of carbonyl (C=O) groups is 3. The predicted octanol–water partition coefficient (Wildman–Crippen LogP) is 3.30. The molecule has 0 saturated heterocycles. The molecule has 0 spiro atoms. The number of nitrogens with zero attached hydrogens (tertiary/aromatic N) is 6. The van der Waals surface area contributed by atoms with Gasteiger partial charge in [-0.2, -0.15) is 4.58 Å². The van der Waals surface area contributed by atoms with Crippen LogP contribution in [0.1, 0.15) is 80.8 Å². The van der Waals surface area contributed by atoms with Crippen LogP contribution in [0.3, 0.4) is 0 Å². The van der Waals surface area contributed by atoms with Gasteiger partial charge in [-0.1, -0.05) is 6.58 Å². The topological polar surface area (TPSA) is 142 Å². The van der Waals surface area contributed by atoms with E-state index < -0.39 is 17.9 Å². The first-order valence-electron chi connectivity index (χ1n) is 15.0. The molecule has 1 aliphatic carbocycles. The maximum absolute atomic E-state index is 13.4. The van der Waals surface area contributed by atoms with Gasteiger partial charge in [-0.3, -0.25) is 24.5 Å². The van der Waals surface area contributed by atoms with Gasteiger partial charge in [-0.25, -0.2) is 14.8 Å². The van der Waals surface area contributed by atoms with Gasteiger partial charge in [0, 0.05) is 56.0 Å². The highest BCUT2D eigenvalue weighted by atomic mass is 16.5. The molecule has 0 radical (unpaired) electrons. The summed E-state index contributed by atoms with van der Waals surface area (Å²) in [6, 6.07) is 3.24. The van der Waals surface area contributed by atoms with E-state index in [2.05, 4.69) is 37.1 Å². The maximum atomic E-state index is 13.4. The van der Waals surface area contributed by atoms with Crippen LogP contribution in [0.15, 0.2) is 43.4 Å². The van der Waals surface area contributed by atoms with Gasteiger partial charge in [-0.05, 0) is 51.3 Å². The molecule has 1 saturated carbocycles. The molecule has 3 heterocycles. The second-order valence-electron chi connectivity index (χ2n) is 11.6. The van der Waals surface area contributed by atoms with Crippen molar-refractivity contribution in [2.75, 3.05) is 38.5 Å². The van der Waals surface area contributed by atoms with Gasteiger partial charge in [0.15, 0.2) is 18.4 Å². The molecule has 2 N–H and O–H groups in total. The lowest BCUT2D eigenvalue weighted by molar-refractivity contribution is -0.451. The first-order valence-corrected chi connectivity index (χ1v) is 15.0. The fourth-order valence-electron chi connectivity index (χ4n) is 5.34. The predicted molar refractivity (Wildman–Crippen MR) is 169 cm³/mol. The number of rotatable bonds is 10. The van der Waals surface area contributed by atoms with Gasteiger partial charge in [-0.15, -0.1) is 0 Å². The number of amides is 3. The maximum Gasteiger partial charge on any atom is 0.411 e. The third kappa shape index (κ3) is 7.28. The third-order valence-electron chi connectivity index (χ3n) is 8.07. The van der Waals surface area contributed by atoms with Crippen LogP contribution >= 0.6 is 0 Å². The summed E-state index contributed by atoms with van der Waals surface area (Å²) >= 11 is 0. The number of aromatic nitrogens is 4. The van der Waals surface area contributed by atoms with E-state index in [9.17, 15) is 14.4 Å². The first kappa shape index (κ1) is 31.6. The summed E-state index contributed by atoms with van der Waals surface area (Å²) in [5.41, 5.74) is 4.36. The smallest absolute Gasteiger partial charge is 0.411 e. The van der Waals surface area contributed by atoms with Crippen molar-refractivity contribution in [1.82, 2.24) is 30.2 Å². The minimum Gasteiger partial charge on any atom is -0.482 e. The summed E-state index contributed by atoms with van der Waals surface area (Å²) in [4.78, 5) is 58.9. The lowest BCUT2D eigenvalue weighted by atomic mass is 10.0. The second-order valence-corrected chi connectivity index (χ2v) is 11.6. The van der Waals surface area contributed by atoms with Crippen LogP contribution in [0, 0.1) is 20.8 Å². The van der Waals surface area contributed by atoms with Crippen molar-refractivity contribution >= 4 is 29.3 Å². The molecule has 12 heteroatoms. The lowest BCUT2D eigenvalue weighted by Gasteiger charge is -2.29. The molecule has 1 fully saturated rings. The highest BCUT2D eigenvalue weighted by Gasteiger charge is 2.31. The number of nitrogens with one attached hydrogen (secondary N) is 2. The van der Waals surface area contributed by atoms with E-state index in [-0.39, 0.29) is 11.5 Å². The highest BCUT2D eigenvalue weighted by molar-refractivity contribution is 6.07. The zero-order chi connectivity index (χ0) is 32.2. The van der Waals surface area contributed by atoms with E-state index in [0.717, 1.165) is 29.8 Å². The molecule has 1 aliphatic heterocycles. The summed E-state index contributed by atoms with van der Waals surface area (Å²) in [5.74, 6) is 0.782. The Morgan fingerprint density at radius 1 is 1.04 bits per heavy atom. The van der Waals surface area contributed by atoms with Gasteiger partial charge in [0.1, 0.15) is 23.1 Å². The Bertz CT molecular complexity index is 1680. The Morgan fingerprint density at radius 2 is 1.82 bits per heavy atom. The average molecular weight is 612 g/mol. The van der Waals surface area contributed by atoms with Crippen LogP contribution in [0.5, 0.6) is 5.75 Å². The summed E-state index contributed by atoms with van der Waals surface area (Å²) in [6.45, 7) is 13.0. The Labute approximate surface area is 262 Å². The van der Waals surface area contributed by atoms with Crippen LogP contribution in [0.2, 0.25) is 0 Å². The molecule has 3 aromatic rings. The van der Waals surface area contributed by atoms with E-state index in [1.807, 2.05) is 13.8 Å². The Balaban J connectivity index is 1.46. The number of ether oxygens (including phenoxy) is 1. The van der Waals surface area contributed by atoms with E-state index in [4.69, 9.17) is 9.72 Å². The normalized spacial score (nSPS) is 15.8. The van der Waals surface area contributed by atoms with E-state index in [0.29, 0.717) is 66.3 Å². The van der Waals surface area contributed by atoms with Crippen molar-refractivity contribution < 1.29 is 23.7 Å². The Morgan fingerprint density at radius 3 is 2.47 bits per heavy atom. The molecule has 1 aromatic carbocycles. The Hall–Kier alpha value is -4.84. The molecule has 1 atom stereocenters. The van der Waals surface area contributed by atoms with Crippen molar-refractivity contribution in [2.45, 2.75) is 52.6 Å². The molecular formula is C33H39N8O4+. The van der Waals surface area contributed by atoms with Crippen LogP contribution in [-0.2, 0) is 4.79 Å². The molecule has 234 valence electrons. The second kappa shape index (κ2) is 13.4. The number of hydrogen-bond acceptors (Lipinski definition) is 9. The number of carbonyl (C=O) groups excluding carboxylic acids is 3. The van der Waals surface area contributed by atoms with Gasteiger partial charge < -0.3 is 15.4 Å². The summed E-state index contributed by atoms with van der Waals surface area (Å²) in [7, 11) is 1.53. The molecule has 5 rings (SSSR count). The molecule has 45 heavy (non-hydrogen) atoms. The summed E-state index contributed by atoms with van der Waals surface area (Å²) < 4.78 is 8.34. The van der Waals surface area contributed by atoms with Gasteiger partial charge >= 0.3 is 5.91 Å². The molecular weight excluding hydrogens is 572 g/mol. The van der Waals surface area contributed by atoms with Crippen LogP contribution in [0.4, 0.5) is 5.82 Å². The van der Waals surface area contributed by atoms with Gasteiger partial charge in [0.25, 0.3) is 11.8 Å². The minimum atomic E-state index is -0.589. The summed E-state index contributed by atoms with van der Waals surface area (Å²) in [5, 5.41) is 5.51. The van der Waals surface area contributed by atoms with E-state index in [1.54, 1.807) is 49.1 Å². The zero-order valence-electron chi connectivity index (χ0n) is 26.4. The molecule has 2 aromatic heterocycles. The minimum absolute atomic E-state index is 0.124. The number of benzene rings is 1. The SMILES string of the molecule is C=CC(=O)[N+]1=C(C)CN(CC(Oc2cc(C)c(C(=O)Nc3nc(C)ncc3C)cc2C(=O)NC)c2cnc(C3CC3)cn2)CC1. The van der Waals surface area contributed by atoms with Crippen molar-refractivity contribution in [3.8, 4) is 5.75 Å². The largest absolute Gasteiger partial charge is 0.482 e. The monoisotopic (exact) mass is 611 g/mol. The van der Waals surface area contributed by atoms with Crippen LogP contribution in [0.25, 0.3) is 0 Å². The van der Waals surface area contributed by atoms with Crippen molar-refractivity contribution in [1.29, 1.82) is 0 Å². The van der Waals surface area contributed by atoms with Crippen LogP contribution in [-0.4, -0.2) is 86.1 Å². The van der Waals surface area contributed by atoms with Gasteiger partial charge in [0.05, 0.1) is 30.5 Å². The quantitative estimate of drug-likeness (QED) is 0.261. The molecule has 0 bridgehead atoms. The molecule has 3 amide bonds. The molecule has 12 nitrogen and oxygen atoms in total. The standard InChI is InChI=1S/C33H38N8O4/c1-7-30(42)41-11-10-40(17-21(41)4)18-29(27-16-36-26(15-37-27)23-8-9-23)45-28-12-19(2)24(13-25(28)32(43)34-6)33(44)39-31-20(3)14-35-22(5)38-31/h7,12-16,23,29H,1,8-11,17-18H2,2-6H3,(H-,34,35,38,39,43,44)/p+1. The lowest BCUT2D eigenvalue weighted by Crippen LogP contribution is -2.47. The Kier molecular flexibility index (Phi) is 9.43. The average Bonchev–Trinajstić information content (AvgIpc) is 3.88. The number of aryl methyl sites for hydroxylation is 3. The number of anilines is 1. The van der Waals surface area contributed by atoms with Gasteiger partial charge in [0.2, 0.25) is 0 Å². The van der Waals surface area contributed by atoms with Crippen LogP contribution < -0.4 is 15.4 Å². The third-order valence-corrected chi connectivity index (χ3v) is 8.07. The van der Waals surface area contributed by atoms with Crippen molar-refractivity contribution in [2.24, 2.45) is 0 Å². The highest BCUT2D eigenvalue weighted by Crippen LogP contribution is 2.38. The molecule has 2 aliphatic rings. The zero-order valence-corrected chi connectivity index (χ0v) is 26.4. The van der Waals surface area contributed by atoms with Crippen molar-refractivity contribution in [3.63, 3.8) is 0 Å². The molecule has 1 unspecified atom stereocenters. The first-order chi connectivity index (χ1) is 21.6. The summed E-state index contributed by atoms with van der Waals surface area (Å²) in [6.07, 6.45) is 8.15. The van der Waals surface area contributed by atoms with E-state index in [1.165, 1.54) is 13.1 Å². The van der Waals surface area contributed by atoms with E-state index >= 15 is 0 Å². The number of hydrogen-bond donors (Lipinski definition) is 2. The van der Waals surface area contributed by atoms with Crippen molar-refractivity contribution in [3.05, 3.63) is 82.8 Å². The fraction of sp³-hybridized carbons (Fsp3) is 0.394.